The van der Waals surface area contributed by atoms with Crippen molar-refractivity contribution >= 4 is 17.7 Å². The van der Waals surface area contributed by atoms with Gasteiger partial charge in [-0.2, -0.15) is 11.8 Å². The lowest BCUT2D eigenvalue weighted by Gasteiger charge is -2.04. The highest BCUT2D eigenvalue weighted by Gasteiger charge is 2.11. The Morgan fingerprint density at radius 3 is 3.00 bits per heavy atom. The smallest absolute Gasteiger partial charge is 0.358 e. The minimum Gasteiger partial charge on any atom is -0.476 e. The van der Waals surface area contributed by atoms with Gasteiger partial charge in [-0.15, -0.1) is 0 Å². The molecule has 1 heterocycles. The van der Waals surface area contributed by atoms with E-state index < -0.39 is 5.97 Å². The maximum absolute atomic E-state index is 10.5. The molecule has 1 atom stereocenters. The van der Waals surface area contributed by atoms with Crippen LogP contribution in [0, 0.1) is 0 Å². The fourth-order valence-corrected chi connectivity index (χ4v) is 1.64. The molecule has 1 N–H and O–H groups in total. The first kappa shape index (κ1) is 11.1. The quantitative estimate of drug-likeness (QED) is 0.817. The van der Waals surface area contributed by atoms with Crippen LogP contribution in [0.1, 0.15) is 36.5 Å². The lowest BCUT2D eigenvalue weighted by molar-refractivity contribution is 0.0685. The normalized spacial score (nSPS) is 12.7. The Kier molecular flexibility index (Phi) is 4.00. The van der Waals surface area contributed by atoms with Gasteiger partial charge in [0.15, 0.2) is 5.69 Å². The second-order valence-electron chi connectivity index (χ2n) is 3.01. The molecule has 0 amide bonds. The van der Waals surface area contributed by atoms with Gasteiger partial charge in [0.25, 0.3) is 0 Å². The molecule has 0 saturated heterocycles. The molecule has 0 aliphatic carbocycles. The van der Waals surface area contributed by atoms with Gasteiger partial charge in [0.1, 0.15) is 5.76 Å². The highest BCUT2D eigenvalue weighted by molar-refractivity contribution is 7.99. The average Bonchev–Trinajstić information content (AvgIpc) is 2.62. The molecule has 1 aromatic rings. The summed E-state index contributed by atoms with van der Waals surface area (Å²) in [7, 11) is 0. The van der Waals surface area contributed by atoms with Gasteiger partial charge >= 0.3 is 5.97 Å². The molecule has 0 aliphatic heterocycles. The lowest BCUT2D eigenvalue weighted by Crippen LogP contribution is -1.95. The van der Waals surface area contributed by atoms with E-state index in [-0.39, 0.29) is 5.69 Å². The predicted octanol–water partition coefficient (Wildman–Crippen LogP) is 2.40. The largest absolute Gasteiger partial charge is 0.476 e. The number of carboxylic acid groups (broad SMARTS) is 1. The van der Waals surface area contributed by atoms with Crippen LogP contribution in [0.2, 0.25) is 0 Å². The van der Waals surface area contributed by atoms with Crippen molar-refractivity contribution in [3.8, 4) is 0 Å². The summed E-state index contributed by atoms with van der Waals surface area (Å²) in [5.74, 6) is 0.246. The van der Waals surface area contributed by atoms with Gasteiger partial charge in [0, 0.05) is 11.3 Å². The van der Waals surface area contributed by atoms with Crippen LogP contribution < -0.4 is 0 Å². The third kappa shape index (κ3) is 3.06. The third-order valence-corrected chi connectivity index (χ3v) is 3.22. The molecular weight excluding hydrogens is 202 g/mol. The molecule has 14 heavy (non-hydrogen) atoms. The summed E-state index contributed by atoms with van der Waals surface area (Å²) in [4.78, 5) is 10.5. The Labute approximate surface area is 86.7 Å². The molecule has 1 rings (SSSR count). The molecule has 4 nitrogen and oxygen atoms in total. The fourth-order valence-electron chi connectivity index (χ4n) is 0.824. The van der Waals surface area contributed by atoms with E-state index in [1.807, 2.05) is 0 Å². The molecule has 0 aromatic carbocycles. The highest BCUT2D eigenvalue weighted by Crippen LogP contribution is 2.19. The van der Waals surface area contributed by atoms with Gasteiger partial charge in [0.05, 0.1) is 5.75 Å². The van der Waals surface area contributed by atoms with E-state index in [1.54, 1.807) is 11.8 Å². The Hall–Kier alpha value is -0.970. The molecular formula is C9H13NO3S. The third-order valence-electron chi connectivity index (χ3n) is 1.86. The Bertz CT molecular complexity index is 311. The maximum atomic E-state index is 10.5. The van der Waals surface area contributed by atoms with Crippen molar-refractivity contribution in [2.45, 2.75) is 31.3 Å². The second kappa shape index (κ2) is 5.05. The first-order chi connectivity index (χ1) is 6.63. The van der Waals surface area contributed by atoms with Crippen molar-refractivity contribution < 1.29 is 14.4 Å². The van der Waals surface area contributed by atoms with Crippen LogP contribution in [0.4, 0.5) is 0 Å². The SMILES string of the molecule is CCC(C)SCc1cc(C(=O)O)no1. The van der Waals surface area contributed by atoms with Crippen molar-refractivity contribution in [2.75, 3.05) is 0 Å². The molecule has 0 spiro atoms. The van der Waals surface area contributed by atoms with Gasteiger partial charge in [-0.25, -0.2) is 4.79 Å². The Balaban J connectivity index is 2.48. The van der Waals surface area contributed by atoms with E-state index in [0.29, 0.717) is 16.8 Å². The highest BCUT2D eigenvalue weighted by atomic mass is 32.2. The number of thioether (sulfide) groups is 1. The van der Waals surface area contributed by atoms with Crippen molar-refractivity contribution in [1.82, 2.24) is 5.16 Å². The first-order valence-corrected chi connectivity index (χ1v) is 5.48. The topological polar surface area (TPSA) is 63.3 Å². The molecule has 0 aliphatic rings. The van der Waals surface area contributed by atoms with Gasteiger partial charge in [-0.05, 0) is 6.42 Å². The van der Waals surface area contributed by atoms with E-state index in [1.165, 1.54) is 6.07 Å². The molecule has 0 saturated carbocycles. The minimum absolute atomic E-state index is 0.0234. The number of nitrogens with zero attached hydrogens (tertiary/aromatic N) is 1. The second-order valence-corrected chi connectivity index (χ2v) is 4.44. The van der Waals surface area contributed by atoms with Gasteiger partial charge in [0.2, 0.25) is 0 Å². The summed E-state index contributed by atoms with van der Waals surface area (Å²) >= 11 is 1.73. The molecule has 0 bridgehead atoms. The van der Waals surface area contributed by atoms with E-state index in [9.17, 15) is 4.79 Å². The summed E-state index contributed by atoms with van der Waals surface area (Å²) in [6, 6.07) is 1.47. The van der Waals surface area contributed by atoms with Crippen LogP contribution in [0.5, 0.6) is 0 Å². The molecule has 0 fully saturated rings. The predicted molar refractivity (Wildman–Crippen MR) is 54.5 cm³/mol. The fraction of sp³-hybridized carbons (Fsp3) is 0.556. The van der Waals surface area contributed by atoms with E-state index in [4.69, 9.17) is 9.63 Å². The molecule has 5 heteroatoms. The standard InChI is InChI=1S/C9H13NO3S/c1-3-6(2)14-5-7-4-8(9(11)12)10-13-7/h4,6H,3,5H2,1-2H3,(H,11,12). The minimum atomic E-state index is -1.05. The summed E-state index contributed by atoms with van der Waals surface area (Å²) in [6.07, 6.45) is 1.09. The number of rotatable bonds is 5. The van der Waals surface area contributed by atoms with Crippen molar-refractivity contribution in [3.63, 3.8) is 0 Å². The summed E-state index contributed by atoms with van der Waals surface area (Å²) in [5, 5.41) is 12.6. The van der Waals surface area contributed by atoms with Gasteiger partial charge in [-0.3, -0.25) is 0 Å². The molecule has 1 unspecified atom stereocenters. The Morgan fingerprint density at radius 2 is 2.50 bits per heavy atom. The van der Waals surface area contributed by atoms with Crippen molar-refractivity contribution in [3.05, 3.63) is 17.5 Å². The van der Waals surface area contributed by atoms with E-state index >= 15 is 0 Å². The average molecular weight is 215 g/mol. The summed E-state index contributed by atoms with van der Waals surface area (Å²) in [6.45, 7) is 4.24. The Morgan fingerprint density at radius 1 is 1.79 bits per heavy atom. The van der Waals surface area contributed by atoms with Crippen molar-refractivity contribution in [1.29, 1.82) is 0 Å². The van der Waals surface area contributed by atoms with Crippen LogP contribution >= 0.6 is 11.8 Å². The zero-order valence-electron chi connectivity index (χ0n) is 8.19. The summed E-state index contributed by atoms with van der Waals surface area (Å²) in [5.41, 5.74) is -0.0234. The lowest BCUT2D eigenvalue weighted by atomic mass is 10.4. The zero-order valence-corrected chi connectivity index (χ0v) is 9.00. The van der Waals surface area contributed by atoms with E-state index in [2.05, 4.69) is 19.0 Å². The van der Waals surface area contributed by atoms with Crippen LogP contribution in [-0.2, 0) is 5.75 Å². The van der Waals surface area contributed by atoms with Crippen LogP contribution in [0.25, 0.3) is 0 Å². The number of hydrogen-bond acceptors (Lipinski definition) is 4. The van der Waals surface area contributed by atoms with Gasteiger partial charge < -0.3 is 9.63 Å². The molecule has 78 valence electrons. The molecule has 0 radical (unpaired) electrons. The van der Waals surface area contributed by atoms with Crippen molar-refractivity contribution in [2.24, 2.45) is 0 Å². The van der Waals surface area contributed by atoms with Gasteiger partial charge in [-0.1, -0.05) is 19.0 Å². The number of hydrogen-bond donors (Lipinski definition) is 1. The number of aromatic nitrogens is 1. The zero-order chi connectivity index (χ0) is 10.6. The number of carboxylic acids is 1. The van der Waals surface area contributed by atoms with Crippen LogP contribution in [0.3, 0.4) is 0 Å². The van der Waals surface area contributed by atoms with Crippen LogP contribution in [0.15, 0.2) is 10.6 Å². The first-order valence-electron chi connectivity index (χ1n) is 4.44. The number of carbonyl (C=O) groups is 1. The van der Waals surface area contributed by atoms with Crippen LogP contribution in [-0.4, -0.2) is 21.5 Å². The monoisotopic (exact) mass is 215 g/mol. The maximum Gasteiger partial charge on any atom is 0.358 e. The van der Waals surface area contributed by atoms with E-state index in [0.717, 1.165) is 6.42 Å². The molecule has 1 aromatic heterocycles. The summed E-state index contributed by atoms with van der Waals surface area (Å²) < 4.78 is 4.87. The number of aromatic carboxylic acids is 1.